The number of carbonyl (C=O) groups is 12. The molecule has 4 aliphatic carbocycles. The molecule has 12 atom stereocenters. The summed E-state index contributed by atoms with van der Waals surface area (Å²) in [5, 5.41) is 8.51. The van der Waals surface area contributed by atoms with Gasteiger partial charge in [-0.05, 0) is 146 Å². The highest BCUT2D eigenvalue weighted by Gasteiger charge is 2.56. The van der Waals surface area contributed by atoms with Gasteiger partial charge >= 0.3 is 6.18 Å². The number of rotatable bonds is 13. The molecule has 0 aromatic rings. The molecule has 105 heavy (non-hydrogen) atoms. The van der Waals surface area contributed by atoms with Gasteiger partial charge in [0.2, 0.25) is 70.9 Å². The number of hydrogen-bond acceptors (Lipinski definition) is 13. The molecule has 3 N–H and O–H groups in total. The SMILES string of the molecule is CCO[C@@H]1C[C@H]2C(=O)NC3(CCC3)C(=O)N(C)[C@@H](C3CCCC3)C(=O)N(C)[C@H](C(=O)N(C)C)CC(=O)N(C)[C@@H](CC(C)C)C(=O)N[C@@H]([C@@H](C)CC)C(=O)N(C)CC(=O)N(C)[C@H]3C/C=C\CCN(C3=O)[C@@H](CC3CCC(F)CC3)C(=O)N(C)CC(=O)N[C@@H](CCC3CC(F)C(C(F)(F)F)C(F)C3)C(=O)N2C1. The van der Waals surface area contributed by atoms with Crippen molar-refractivity contribution in [3.63, 3.8) is 0 Å². The van der Waals surface area contributed by atoms with Crippen LogP contribution in [0.15, 0.2) is 12.2 Å². The molecule has 2 unspecified atom stereocenters. The molecule has 592 valence electrons. The van der Waals surface area contributed by atoms with Gasteiger partial charge in [0.15, 0.2) is 0 Å². The minimum Gasteiger partial charge on any atom is -0.377 e. The summed E-state index contributed by atoms with van der Waals surface area (Å²) >= 11 is 0. The lowest BCUT2D eigenvalue weighted by Crippen LogP contribution is -2.68. The maximum atomic E-state index is 15.5. The van der Waals surface area contributed by atoms with Gasteiger partial charge in [0, 0.05) is 82.5 Å². The molecule has 3 heterocycles. The summed E-state index contributed by atoms with van der Waals surface area (Å²) in [6.07, 6.45) is -7.06. The number of nitrogens with zero attached hydrogens (tertiary/aromatic N) is 9. The first-order chi connectivity index (χ1) is 49.4. The van der Waals surface area contributed by atoms with Crippen molar-refractivity contribution in [2.24, 2.45) is 35.5 Å². The van der Waals surface area contributed by atoms with Crippen molar-refractivity contribution < 1.29 is 88.6 Å². The predicted octanol–water partition coefficient (Wildman–Crippen LogP) is 5.51. The van der Waals surface area contributed by atoms with Gasteiger partial charge in [0.25, 0.3) is 0 Å². The predicted molar refractivity (Wildman–Crippen MR) is 376 cm³/mol. The van der Waals surface area contributed by atoms with Crippen molar-refractivity contribution in [1.82, 2.24) is 60.0 Å². The van der Waals surface area contributed by atoms with Crippen LogP contribution in [0.5, 0.6) is 0 Å². The summed E-state index contributed by atoms with van der Waals surface area (Å²) in [4.78, 5) is 191. The number of fused-ring (bicyclic) bond motifs is 3. The van der Waals surface area contributed by atoms with Crippen LogP contribution in [0.4, 0.5) is 26.3 Å². The van der Waals surface area contributed by atoms with E-state index in [2.05, 4.69) is 16.0 Å². The summed E-state index contributed by atoms with van der Waals surface area (Å²) in [5.74, 6) is -14.4. The van der Waals surface area contributed by atoms with E-state index >= 15 is 37.5 Å². The molecule has 25 nitrogen and oxygen atoms in total. The van der Waals surface area contributed by atoms with Crippen molar-refractivity contribution in [1.29, 1.82) is 0 Å². The van der Waals surface area contributed by atoms with E-state index in [1.54, 1.807) is 32.9 Å². The van der Waals surface area contributed by atoms with Crippen LogP contribution in [0.2, 0.25) is 0 Å². The number of halogens is 6. The summed E-state index contributed by atoms with van der Waals surface area (Å²) in [6, 6.07) is -10.9. The maximum Gasteiger partial charge on any atom is 0.397 e. The van der Waals surface area contributed by atoms with E-state index in [0.29, 0.717) is 51.4 Å². The second-order valence-corrected chi connectivity index (χ2v) is 31.5. The number of amides is 12. The molecule has 2 saturated heterocycles. The largest absolute Gasteiger partial charge is 0.397 e. The fourth-order valence-corrected chi connectivity index (χ4v) is 16.6. The van der Waals surface area contributed by atoms with Crippen LogP contribution in [0.25, 0.3) is 0 Å². The highest BCUT2D eigenvalue weighted by atomic mass is 19.4. The minimum atomic E-state index is -5.19. The fourth-order valence-electron chi connectivity index (χ4n) is 16.6. The van der Waals surface area contributed by atoms with E-state index in [9.17, 15) is 46.3 Å². The second kappa shape index (κ2) is 37.2. The Morgan fingerprint density at radius 1 is 0.657 bits per heavy atom. The number of hydrogen-bond donors (Lipinski definition) is 3. The molecule has 31 heteroatoms. The van der Waals surface area contributed by atoms with E-state index in [1.165, 1.54) is 80.9 Å². The van der Waals surface area contributed by atoms with Gasteiger partial charge in [-0.1, -0.05) is 59.1 Å². The lowest BCUT2D eigenvalue weighted by Gasteiger charge is -2.46. The lowest BCUT2D eigenvalue weighted by molar-refractivity contribution is -0.219. The number of alkyl halides is 6. The van der Waals surface area contributed by atoms with Crippen molar-refractivity contribution in [2.75, 3.05) is 89.2 Å². The first kappa shape index (κ1) is 85.2. The monoisotopic (exact) mass is 1490 g/mol. The first-order valence-electron chi connectivity index (χ1n) is 37.9. The van der Waals surface area contributed by atoms with Crippen LogP contribution in [0, 0.1) is 35.5 Å². The smallest absolute Gasteiger partial charge is 0.377 e. The molecule has 1 spiro atoms. The summed E-state index contributed by atoms with van der Waals surface area (Å²) < 4.78 is 93.5. The molecule has 3 aliphatic heterocycles. The zero-order valence-electron chi connectivity index (χ0n) is 63.7. The quantitative estimate of drug-likeness (QED) is 0.152. The van der Waals surface area contributed by atoms with Gasteiger partial charge in [-0.25, -0.2) is 13.2 Å². The normalized spacial score (nSPS) is 32.4. The van der Waals surface area contributed by atoms with Crippen LogP contribution in [0.1, 0.15) is 176 Å². The zero-order chi connectivity index (χ0) is 77.9. The number of likely N-dealkylation sites (N-methyl/N-ethyl adjacent to an activating group) is 7. The molecule has 2 bridgehead atoms. The summed E-state index contributed by atoms with van der Waals surface area (Å²) in [7, 11) is 11.1. The Bertz CT molecular complexity index is 3120. The Morgan fingerprint density at radius 3 is 1.86 bits per heavy atom. The minimum absolute atomic E-state index is 0.0118. The molecular weight excluding hydrogens is 1380 g/mol. The second-order valence-electron chi connectivity index (χ2n) is 31.5. The number of carbonyl (C=O) groups excluding carboxylic acids is 12. The van der Waals surface area contributed by atoms with E-state index in [4.69, 9.17) is 4.74 Å². The lowest BCUT2D eigenvalue weighted by atomic mass is 9.74. The van der Waals surface area contributed by atoms with E-state index in [0.717, 1.165) is 19.6 Å². The molecule has 0 radical (unpaired) electrons. The highest BCUT2D eigenvalue weighted by molar-refractivity contribution is 6.01. The van der Waals surface area contributed by atoms with Crippen LogP contribution >= 0.6 is 0 Å². The molecule has 4 saturated carbocycles. The number of nitrogens with one attached hydrogen (secondary N) is 3. The topological polar surface area (TPSA) is 279 Å². The molecule has 12 amide bonds. The first-order valence-corrected chi connectivity index (χ1v) is 37.9. The Labute approximate surface area is 614 Å². The maximum absolute atomic E-state index is 15.5. The van der Waals surface area contributed by atoms with Crippen molar-refractivity contribution >= 4 is 70.9 Å². The number of ether oxygens (including phenoxy) is 1. The van der Waals surface area contributed by atoms with Crippen molar-refractivity contribution in [2.45, 2.75) is 261 Å². The van der Waals surface area contributed by atoms with E-state index in [1.807, 2.05) is 13.8 Å². The zero-order valence-corrected chi connectivity index (χ0v) is 63.7. The highest BCUT2D eigenvalue weighted by Crippen LogP contribution is 2.45. The Morgan fingerprint density at radius 2 is 1.29 bits per heavy atom. The van der Waals surface area contributed by atoms with Crippen LogP contribution in [-0.2, 0) is 62.3 Å². The third-order valence-electron chi connectivity index (χ3n) is 23.4. The van der Waals surface area contributed by atoms with Crippen molar-refractivity contribution in [3.05, 3.63) is 12.2 Å². The van der Waals surface area contributed by atoms with Gasteiger partial charge in [-0.3, -0.25) is 57.5 Å². The van der Waals surface area contributed by atoms with Gasteiger partial charge < -0.3 is 64.8 Å². The fraction of sp³-hybridized carbons (Fsp3) is 0.811. The summed E-state index contributed by atoms with van der Waals surface area (Å²) in [6.45, 7) is 7.32. The molecular formula is C74H116F6N12O13. The Hall–Kier alpha value is -7.08. The molecule has 7 aliphatic rings. The molecule has 7 rings (SSSR count). The van der Waals surface area contributed by atoms with E-state index < -0.39 is 218 Å². The third kappa shape index (κ3) is 20.8. The average molecular weight is 1500 g/mol. The van der Waals surface area contributed by atoms with Gasteiger partial charge in [-0.2, -0.15) is 13.2 Å². The Kier molecular flexibility index (Phi) is 30.1. The van der Waals surface area contributed by atoms with Gasteiger partial charge in [0.05, 0.1) is 25.6 Å². The molecule has 6 fully saturated rings. The van der Waals surface area contributed by atoms with Gasteiger partial charge in [-0.15, -0.1) is 0 Å². The Balaban J connectivity index is 1.32. The van der Waals surface area contributed by atoms with Crippen molar-refractivity contribution in [3.8, 4) is 0 Å². The summed E-state index contributed by atoms with van der Waals surface area (Å²) in [5.41, 5.74) is -1.66. The van der Waals surface area contributed by atoms with E-state index in [-0.39, 0.29) is 95.7 Å². The third-order valence-corrected chi connectivity index (χ3v) is 23.4. The van der Waals surface area contributed by atoms with Crippen LogP contribution in [-0.4, -0.2) is 289 Å². The molecule has 0 aromatic carbocycles. The standard InChI is InChI=1S/C74H116F6N12O13/c1-14-44(5)62-70(102)86(9)42-60(95)87(10)53-24-17-16-20-33-91(69(53)101)57(37-45-25-28-48(75)29-26-45)68(100)85(8)41-58(93)81-52(30-27-46-35-50(76)61(51(77)36-46)74(78,79)80)66(98)92-40-49(105-15-2)38-55(92)65(97)83-73(31-21-32-73)72(104)90(13)63(47-22-18-19-23-47)71(103)89(12)56(67(99)84(6)7)39-59(94)88(11)54(34-43(3)4)64(96)82-62/h16-17,43-57,61-63H,14-15,18-42H2,1-13H3,(H,81,93)(H,82,96)(H,83,97)/b17-16-/t44-,45?,46?,48?,49+,50?,51?,52-,53-,54-,55-,56-,57-,61?,62-,63-/m0/s1. The van der Waals surface area contributed by atoms with Gasteiger partial charge in [0.1, 0.15) is 78.3 Å². The van der Waals surface area contributed by atoms with Crippen LogP contribution in [0.3, 0.4) is 0 Å². The molecule has 0 aromatic heterocycles. The van der Waals surface area contributed by atoms with Crippen LogP contribution < -0.4 is 16.0 Å². The average Bonchev–Trinajstić information content (AvgIpc) is 1.67.